The van der Waals surface area contributed by atoms with Gasteiger partial charge in [0.15, 0.2) is 0 Å². The van der Waals surface area contributed by atoms with E-state index in [2.05, 4.69) is 38.0 Å². The smallest absolute Gasteiger partial charge is 0.0197 e. The number of likely N-dealkylation sites (tertiary alicyclic amines) is 1. The number of hydrogen-bond donors (Lipinski definition) is 1. The van der Waals surface area contributed by atoms with Crippen molar-refractivity contribution in [2.75, 3.05) is 20.1 Å². The van der Waals surface area contributed by atoms with Gasteiger partial charge in [-0.1, -0.05) is 20.3 Å². The summed E-state index contributed by atoms with van der Waals surface area (Å²) in [6.45, 7) is 9.47. The van der Waals surface area contributed by atoms with Crippen LogP contribution >= 0.6 is 0 Å². The summed E-state index contributed by atoms with van der Waals surface area (Å²) < 4.78 is 0. The second kappa shape index (κ2) is 6.49. The van der Waals surface area contributed by atoms with Crippen molar-refractivity contribution >= 4 is 0 Å². The summed E-state index contributed by atoms with van der Waals surface area (Å²) in [6.07, 6.45) is 5.33. The van der Waals surface area contributed by atoms with Gasteiger partial charge in [0, 0.05) is 18.6 Å². The van der Waals surface area contributed by atoms with Gasteiger partial charge in [0.2, 0.25) is 0 Å². The molecule has 2 nitrogen and oxygen atoms in total. The minimum absolute atomic E-state index is 0.677. The monoisotopic (exact) mass is 212 g/mol. The molecule has 1 heterocycles. The first-order chi connectivity index (χ1) is 7.11. The molecule has 0 spiro atoms. The quantitative estimate of drug-likeness (QED) is 0.753. The van der Waals surface area contributed by atoms with Crippen molar-refractivity contribution in [3.8, 4) is 0 Å². The zero-order valence-corrected chi connectivity index (χ0v) is 10.9. The van der Waals surface area contributed by atoms with Gasteiger partial charge in [-0.3, -0.25) is 0 Å². The van der Waals surface area contributed by atoms with Crippen LogP contribution in [0.3, 0.4) is 0 Å². The Bertz CT molecular complexity index is 170. The van der Waals surface area contributed by atoms with Crippen molar-refractivity contribution in [2.24, 2.45) is 5.92 Å². The average molecular weight is 212 g/mol. The highest BCUT2D eigenvalue weighted by atomic mass is 15.1. The Morgan fingerprint density at radius 2 is 2.13 bits per heavy atom. The first-order valence-corrected chi connectivity index (χ1v) is 6.56. The third-order valence-corrected chi connectivity index (χ3v) is 3.60. The van der Waals surface area contributed by atoms with Crippen LogP contribution in [0.25, 0.3) is 0 Å². The molecule has 0 radical (unpaired) electrons. The van der Waals surface area contributed by atoms with Crippen molar-refractivity contribution in [2.45, 2.75) is 58.5 Å². The van der Waals surface area contributed by atoms with E-state index in [1.54, 1.807) is 0 Å². The van der Waals surface area contributed by atoms with Gasteiger partial charge in [-0.15, -0.1) is 0 Å². The highest BCUT2D eigenvalue weighted by Crippen LogP contribution is 2.13. The fraction of sp³-hybridized carbons (Fsp3) is 1.00. The van der Waals surface area contributed by atoms with Crippen molar-refractivity contribution < 1.29 is 0 Å². The van der Waals surface area contributed by atoms with Crippen molar-refractivity contribution in [1.29, 1.82) is 0 Å². The van der Waals surface area contributed by atoms with E-state index >= 15 is 0 Å². The van der Waals surface area contributed by atoms with E-state index in [4.69, 9.17) is 0 Å². The minimum Gasteiger partial charge on any atom is -0.310 e. The predicted octanol–water partition coefficient (Wildman–Crippen LogP) is 2.49. The van der Waals surface area contributed by atoms with Crippen LogP contribution in [0, 0.1) is 5.92 Å². The molecule has 0 aliphatic carbocycles. The third-order valence-electron chi connectivity index (χ3n) is 3.60. The molecule has 0 aromatic heterocycles. The molecule has 2 heteroatoms. The number of nitrogens with one attached hydrogen (secondary N) is 1. The molecule has 3 unspecified atom stereocenters. The van der Waals surface area contributed by atoms with E-state index in [-0.39, 0.29) is 0 Å². The largest absolute Gasteiger partial charge is 0.310 e. The number of rotatable bonds is 5. The van der Waals surface area contributed by atoms with Gasteiger partial charge in [-0.2, -0.15) is 0 Å². The van der Waals surface area contributed by atoms with Crippen LogP contribution in [0.1, 0.15) is 46.5 Å². The maximum absolute atomic E-state index is 3.77. The Balaban J connectivity index is 2.21. The normalized spacial score (nSPS) is 27.6. The van der Waals surface area contributed by atoms with Gasteiger partial charge < -0.3 is 10.2 Å². The first-order valence-electron chi connectivity index (χ1n) is 6.56. The number of nitrogens with zero attached hydrogens (tertiary/aromatic N) is 1. The summed E-state index contributed by atoms with van der Waals surface area (Å²) in [5.74, 6) is 0.855. The van der Waals surface area contributed by atoms with Crippen LogP contribution in [-0.2, 0) is 0 Å². The SMILES string of the molecule is CCC(C)CC(C)NC1CCCN(C)C1. The summed E-state index contributed by atoms with van der Waals surface area (Å²) in [6, 6.07) is 1.40. The number of hydrogen-bond acceptors (Lipinski definition) is 2. The summed E-state index contributed by atoms with van der Waals surface area (Å²) in [5, 5.41) is 3.77. The molecule has 90 valence electrons. The van der Waals surface area contributed by atoms with E-state index in [9.17, 15) is 0 Å². The van der Waals surface area contributed by atoms with Crippen LogP contribution < -0.4 is 5.32 Å². The summed E-state index contributed by atoms with van der Waals surface area (Å²) in [7, 11) is 2.23. The molecule has 1 saturated heterocycles. The van der Waals surface area contributed by atoms with E-state index in [1.165, 1.54) is 38.8 Å². The van der Waals surface area contributed by atoms with Gasteiger partial charge in [0.05, 0.1) is 0 Å². The van der Waals surface area contributed by atoms with Crippen LogP contribution in [0.2, 0.25) is 0 Å². The van der Waals surface area contributed by atoms with Gasteiger partial charge >= 0.3 is 0 Å². The van der Waals surface area contributed by atoms with Crippen LogP contribution in [0.4, 0.5) is 0 Å². The van der Waals surface area contributed by atoms with Crippen LogP contribution in [0.15, 0.2) is 0 Å². The Morgan fingerprint density at radius 1 is 1.40 bits per heavy atom. The van der Waals surface area contributed by atoms with Crippen LogP contribution in [-0.4, -0.2) is 37.1 Å². The van der Waals surface area contributed by atoms with Crippen molar-refractivity contribution in [3.63, 3.8) is 0 Å². The lowest BCUT2D eigenvalue weighted by Gasteiger charge is -2.33. The minimum atomic E-state index is 0.677. The molecular formula is C13H28N2. The molecule has 1 aliphatic heterocycles. The molecule has 0 aromatic carbocycles. The Hall–Kier alpha value is -0.0800. The highest BCUT2D eigenvalue weighted by Gasteiger charge is 2.18. The Kier molecular flexibility index (Phi) is 5.62. The zero-order chi connectivity index (χ0) is 11.3. The molecule has 1 N–H and O–H groups in total. The lowest BCUT2D eigenvalue weighted by atomic mass is 9.98. The van der Waals surface area contributed by atoms with E-state index < -0.39 is 0 Å². The summed E-state index contributed by atoms with van der Waals surface area (Å²) in [5.41, 5.74) is 0. The van der Waals surface area contributed by atoms with Crippen LogP contribution in [0.5, 0.6) is 0 Å². The molecular weight excluding hydrogens is 184 g/mol. The predicted molar refractivity (Wildman–Crippen MR) is 67.2 cm³/mol. The second-order valence-electron chi connectivity index (χ2n) is 5.42. The summed E-state index contributed by atoms with van der Waals surface area (Å²) in [4.78, 5) is 2.44. The van der Waals surface area contributed by atoms with Crippen molar-refractivity contribution in [1.82, 2.24) is 10.2 Å². The number of likely N-dealkylation sites (N-methyl/N-ethyl adjacent to an activating group) is 1. The molecule has 1 fully saturated rings. The number of piperidine rings is 1. The first kappa shape index (κ1) is 13.0. The maximum Gasteiger partial charge on any atom is 0.0197 e. The lowest BCUT2D eigenvalue weighted by Crippen LogP contribution is -2.47. The third kappa shape index (κ3) is 4.98. The molecule has 0 saturated carbocycles. The molecule has 3 atom stereocenters. The molecule has 0 amide bonds. The molecule has 15 heavy (non-hydrogen) atoms. The van der Waals surface area contributed by atoms with Gasteiger partial charge in [-0.25, -0.2) is 0 Å². The Labute approximate surface area is 95.4 Å². The topological polar surface area (TPSA) is 15.3 Å². The maximum atomic E-state index is 3.77. The fourth-order valence-corrected chi connectivity index (χ4v) is 2.54. The lowest BCUT2D eigenvalue weighted by molar-refractivity contribution is 0.212. The highest BCUT2D eigenvalue weighted by molar-refractivity contribution is 4.79. The standard InChI is InChI=1S/C13H28N2/c1-5-11(2)9-12(3)14-13-7-6-8-15(4)10-13/h11-14H,5-10H2,1-4H3. The average Bonchev–Trinajstić information content (AvgIpc) is 2.17. The second-order valence-corrected chi connectivity index (χ2v) is 5.42. The Morgan fingerprint density at radius 3 is 2.73 bits per heavy atom. The van der Waals surface area contributed by atoms with E-state index in [0.29, 0.717) is 6.04 Å². The van der Waals surface area contributed by atoms with Gasteiger partial charge in [-0.05, 0) is 45.7 Å². The molecule has 0 aromatic rings. The molecule has 1 rings (SSSR count). The van der Waals surface area contributed by atoms with Crippen molar-refractivity contribution in [3.05, 3.63) is 0 Å². The van der Waals surface area contributed by atoms with Gasteiger partial charge in [0.1, 0.15) is 0 Å². The zero-order valence-electron chi connectivity index (χ0n) is 10.9. The fourth-order valence-electron chi connectivity index (χ4n) is 2.54. The van der Waals surface area contributed by atoms with E-state index in [1.807, 2.05) is 0 Å². The molecule has 1 aliphatic rings. The molecule has 0 bridgehead atoms. The van der Waals surface area contributed by atoms with Gasteiger partial charge in [0.25, 0.3) is 0 Å². The van der Waals surface area contributed by atoms with E-state index in [0.717, 1.165) is 12.0 Å². The summed E-state index contributed by atoms with van der Waals surface area (Å²) >= 11 is 0.